The number of carbonyl (C=O) groups is 1. The van der Waals surface area contributed by atoms with Gasteiger partial charge in [-0.3, -0.25) is 4.90 Å². The van der Waals surface area contributed by atoms with E-state index in [1.807, 2.05) is 17.5 Å². The van der Waals surface area contributed by atoms with Crippen molar-refractivity contribution in [2.45, 2.75) is 56.0 Å². The Bertz CT molecular complexity index is 936. The molecule has 1 aromatic heterocycles. The Morgan fingerprint density at radius 2 is 2.00 bits per heavy atom. The van der Waals surface area contributed by atoms with Crippen molar-refractivity contribution in [1.82, 2.24) is 10.0 Å². The lowest BCUT2D eigenvalue weighted by molar-refractivity contribution is 0.238. The van der Waals surface area contributed by atoms with Crippen LogP contribution in [0.2, 0.25) is 0 Å². The topological polar surface area (TPSA) is 78.5 Å². The van der Waals surface area contributed by atoms with Crippen LogP contribution in [0, 0.1) is 0 Å². The van der Waals surface area contributed by atoms with E-state index in [1.165, 1.54) is 30.6 Å². The molecule has 4 rings (SSSR count). The number of thiophene rings is 1. The number of benzene rings is 1. The molecule has 28 heavy (non-hydrogen) atoms. The average Bonchev–Trinajstić information content (AvgIpc) is 3.36. The first-order chi connectivity index (χ1) is 13.5. The van der Waals surface area contributed by atoms with E-state index in [-0.39, 0.29) is 23.5 Å². The summed E-state index contributed by atoms with van der Waals surface area (Å²) in [5.74, 6) is 0. The van der Waals surface area contributed by atoms with Gasteiger partial charge in [-0.25, -0.2) is 17.9 Å². The number of amides is 2. The molecule has 2 aromatic rings. The quantitative estimate of drug-likeness (QED) is 0.777. The second-order valence-corrected chi connectivity index (χ2v) is 10.2. The van der Waals surface area contributed by atoms with Crippen molar-refractivity contribution in [3.8, 4) is 0 Å². The molecule has 0 spiro atoms. The van der Waals surface area contributed by atoms with E-state index in [1.54, 1.807) is 23.1 Å². The maximum Gasteiger partial charge on any atom is 0.322 e. The number of hydrogen-bond donors (Lipinski definition) is 2. The van der Waals surface area contributed by atoms with E-state index in [0.717, 1.165) is 29.0 Å². The standard InChI is InChI=1S/C20H25N3O3S2/c24-20(22-16-5-2-1-3-6-16)23-11-10-15-13-18(8-9-19(15)23)28(25,26)21-14-17-7-4-12-27-17/h4,7-9,12-13,16,21H,1-3,5-6,10-11,14H2,(H,22,24). The summed E-state index contributed by atoms with van der Waals surface area (Å²) in [6.07, 6.45) is 6.33. The lowest BCUT2D eigenvalue weighted by Gasteiger charge is -2.26. The van der Waals surface area contributed by atoms with E-state index < -0.39 is 10.0 Å². The summed E-state index contributed by atoms with van der Waals surface area (Å²) >= 11 is 1.52. The van der Waals surface area contributed by atoms with Gasteiger partial charge in [0.2, 0.25) is 10.0 Å². The van der Waals surface area contributed by atoms with Gasteiger partial charge < -0.3 is 5.32 Å². The van der Waals surface area contributed by atoms with Crippen molar-refractivity contribution < 1.29 is 13.2 Å². The first-order valence-electron chi connectivity index (χ1n) is 9.76. The summed E-state index contributed by atoms with van der Waals surface area (Å²) in [4.78, 5) is 15.6. The summed E-state index contributed by atoms with van der Waals surface area (Å²) in [5.41, 5.74) is 1.71. The lowest BCUT2D eigenvalue weighted by atomic mass is 9.96. The molecule has 6 nitrogen and oxygen atoms in total. The molecule has 1 aromatic carbocycles. The van der Waals surface area contributed by atoms with Gasteiger partial charge in [0.25, 0.3) is 0 Å². The number of nitrogens with one attached hydrogen (secondary N) is 2. The minimum Gasteiger partial charge on any atom is -0.335 e. The Labute approximate surface area is 170 Å². The molecule has 0 radical (unpaired) electrons. The van der Waals surface area contributed by atoms with E-state index >= 15 is 0 Å². The molecule has 0 unspecified atom stereocenters. The highest BCUT2D eigenvalue weighted by molar-refractivity contribution is 7.89. The summed E-state index contributed by atoms with van der Waals surface area (Å²) in [5, 5.41) is 5.06. The first kappa shape index (κ1) is 19.4. The fourth-order valence-electron chi connectivity index (χ4n) is 3.92. The Hall–Kier alpha value is -1.90. The fraction of sp³-hybridized carbons (Fsp3) is 0.450. The van der Waals surface area contributed by atoms with Crippen LogP contribution in [-0.4, -0.2) is 27.0 Å². The van der Waals surface area contributed by atoms with Gasteiger partial charge >= 0.3 is 6.03 Å². The normalized spacial score (nSPS) is 17.5. The van der Waals surface area contributed by atoms with Crippen molar-refractivity contribution in [2.75, 3.05) is 11.4 Å². The van der Waals surface area contributed by atoms with Crippen LogP contribution in [0.15, 0.2) is 40.6 Å². The highest BCUT2D eigenvalue weighted by atomic mass is 32.2. The molecule has 2 aliphatic rings. The van der Waals surface area contributed by atoms with Crippen molar-refractivity contribution >= 4 is 33.1 Å². The fourth-order valence-corrected chi connectivity index (χ4v) is 5.71. The van der Waals surface area contributed by atoms with Crippen molar-refractivity contribution in [3.05, 3.63) is 46.2 Å². The number of anilines is 1. The molecule has 150 valence electrons. The van der Waals surface area contributed by atoms with Gasteiger partial charge in [0, 0.05) is 29.7 Å². The Morgan fingerprint density at radius 1 is 1.18 bits per heavy atom. The molecule has 0 bridgehead atoms. The third kappa shape index (κ3) is 4.24. The number of urea groups is 1. The molecular formula is C20H25N3O3S2. The van der Waals surface area contributed by atoms with E-state index in [4.69, 9.17) is 0 Å². The second-order valence-electron chi connectivity index (χ2n) is 7.38. The minimum atomic E-state index is -3.58. The molecule has 2 heterocycles. The SMILES string of the molecule is O=C(NC1CCCCC1)N1CCc2cc(S(=O)(=O)NCc3cccs3)ccc21. The number of rotatable bonds is 5. The number of nitrogens with zero attached hydrogens (tertiary/aromatic N) is 1. The van der Waals surface area contributed by atoms with Crippen molar-refractivity contribution in [3.63, 3.8) is 0 Å². The summed E-state index contributed by atoms with van der Waals surface area (Å²) < 4.78 is 27.9. The summed E-state index contributed by atoms with van der Waals surface area (Å²) in [6.45, 7) is 0.868. The van der Waals surface area contributed by atoms with Gasteiger partial charge in [-0.05, 0) is 54.5 Å². The van der Waals surface area contributed by atoms with Crippen molar-refractivity contribution in [1.29, 1.82) is 0 Å². The predicted molar refractivity (Wildman–Crippen MR) is 111 cm³/mol. The molecule has 2 amide bonds. The van der Waals surface area contributed by atoms with Crippen LogP contribution in [-0.2, 0) is 23.0 Å². The molecule has 1 fully saturated rings. The molecule has 8 heteroatoms. The lowest BCUT2D eigenvalue weighted by Crippen LogP contribution is -2.45. The molecule has 0 atom stereocenters. The molecular weight excluding hydrogens is 394 g/mol. The molecule has 1 saturated carbocycles. The van der Waals surface area contributed by atoms with Crippen molar-refractivity contribution in [2.24, 2.45) is 0 Å². The van der Waals surface area contributed by atoms with Crippen LogP contribution in [0.3, 0.4) is 0 Å². The molecule has 1 aliphatic carbocycles. The van der Waals surface area contributed by atoms with Gasteiger partial charge in [0.1, 0.15) is 0 Å². The van der Waals surface area contributed by atoms with Crippen LogP contribution in [0.5, 0.6) is 0 Å². The van der Waals surface area contributed by atoms with Gasteiger partial charge in [0.15, 0.2) is 0 Å². The average molecular weight is 420 g/mol. The minimum absolute atomic E-state index is 0.0722. The summed E-state index contributed by atoms with van der Waals surface area (Å²) in [7, 11) is -3.58. The Balaban J connectivity index is 1.44. The van der Waals surface area contributed by atoms with E-state index in [2.05, 4.69) is 10.0 Å². The van der Waals surface area contributed by atoms with E-state index in [9.17, 15) is 13.2 Å². The van der Waals surface area contributed by atoms with Gasteiger partial charge in [-0.2, -0.15) is 0 Å². The monoisotopic (exact) mass is 419 g/mol. The number of sulfonamides is 1. The van der Waals surface area contributed by atoms with E-state index in [0.29, 0.717) is 13.0 Å². The maximum absolute atomic E-state index is 12.7. The molecule has 0 saturated heterocycles. The smallest absolute Gasteiger partial charge is 0.322 e. The van der Waals surface area contributed by atoms with Crippen LogP contribution in [0.25, 0.3) is 0 Å². The second kappa shape index (κ2) is 8.23. The third-order valence-electron chi connectivity index (χ3n) is 5.45. The zero-order valence-electron chi connectivity index (χ0n) is 15.7. The number of hydrogen-bond acceptors (Lipinski definition) is 4. The molecule has 1 aliphatic heterocycles. The Kier molecular flexibility index (Phi) is 5.70. The van der Waals surface area contributed by atoms with Gasteiger partial charge in [-0.1, -0.05) is 25.3 Å². The predicted octanol–water partition coefficient (Wildman–Crippen LogP) is 3.63. The zero-order chi connectivity index (χ0) is 19.6. The van der Waals surface area contributed by atoms with Gasteiger partial charge in [0.05, 0.1) is 4.90 Å². The number of carbonyl (C=O) groups excluding carboxylic acids is 1. The highest BCUT2D eigenvalue weighted by Crippen LogP contribution is 2.30. The van der Waals surface area contributed by atoms with Crippen LogP contribution < -0.4 is 14.9 Å². The first-order valence-corrected chi connectivity index (χ1v) is 12.1. The highest BCUT2D eigenvalue weighted by Gasteiger charge is 2.28. The molecule has 2 N–H and O–H groups in total. The largest absolute Gasteiger partial charge is 0.335 e. The maximum atomic E-state index is 12.7. The summed E-state index contributed by atoms with van der Waals surface area (Å²) in [6, 6.07) is 9.02. The van der Waals surface area contributed by atoms with Crippen LogP contribution in [0.1, 0.15) is 42.5 Å². The third-order valence-corrected chi connectivity index (χ3v) is 7.73. The van der Waals surface area contributed by atoms with Gasteiger partial charge in [-0.15, -0.1) is 11.3 Å². The number of fused-ring (bicyclic) bond motifs is 1. The van der Waals surface area contributed by atoms with Crippen LogP contribution >= 0.6 is 11.3 Å². The zero-order valence-corrected chi connectivity index (χ0v) is 17.3. The van der Waals surface area contributed by atoms with Crippen LogP contribution in [0.4, 0.5) is 10.5 Å². The Morgan fingerprint density at radius 3 is 2.75 bits per heavy atom.